The van der Waals surface area contributed by atoms with Crippen molar-refractivity contribution in [3.05, 3.63) is 65.6 Å². The van der Waals surface area contributed by atoms with Gasteiger partial charge in [0.25, 0.3) is 5.91 Å². The van der Waals surface area contributed by atoms with Crippen molar-refractivity contribution >= 4 is 11.6 Å². The van der Waals surface area contributed by atoms with Gasteiger partial charge in [-0.15, -0.1) is 0 Å². The van der Waals surface area contributed by atoms with Crippen molar-refractivity contribution < 1.29 is 18.3 Å². The first-order valence-corrected chi connectivity index (χ1v) is 7.29. The summed E-state index contributed by atoms with van der Waals surface area (Å²) in [6.07, 6.45) is 3.44. The van der Waals surface area contributed by atoms with E-state index in [1.165, 1.54) is 6.07 Å². The van der Waals surface area contributed by atoms with Crippen LogP contribution in [-0.2, 0) is 6.54 Å². The maximum atomic E-state index is 12.4. The number of fused-ring (bicyclic) bond motifs is 1. The molecule has 5 nitrogen and oxygen atoms in total. The summed E-state index contributed by atoms with van der Waals surface area (Å²) in [5, 5.41) is 2.66. The lowest BCUT2D eigenvalue weighted by Gasteiger charge is -2.10. The molecule has 2 aromatic heterocycles. The van der Waals surface area contributed by atoms with Crippen LogP contribution in [0.5, 0.6) is 5.75 Å². The minimum Gasteiger partial charge on any atom is -0.434 e. The van der Waals surface area contributed by atoms with Crippen LogP contribution in [0.2, 0.25) is 0 Å². The molecule has 1 amide bonds. The average Bonchev–Trinajstić information content (AvgIpc) is 2.96. The lowest BCUT2D eigenvalue weighted by molar-refractivity contribution is -0.0504. The molecule has 24 heavy (non-hydrogen) atoms. The van der Waals surface area contributed by atoms with Gasteiger partial charge < -0.3 is 14.5 Å². The highest BCUT2D eigenvalue weighted by atomic mass is 19.3. The van der Waals surface area contributed by atoms with Crippen LogP contribution < -0.4 is 10.1 Å². The number of nitrogens with zero attached hydrogens (tertiary/aromatic N) is 2. The summed E-state index contributed by atoms with van der Waals surface area (Å²) in [4.78, 5) is 16.5. The summed E-state index contributed by atoms with van der Waals surface area (Å²) in [7, 11) is 0. The highest BCUT2D eigenvalue weighted by Crippen LogP contribution is 2.20. The first-order chi connectivity index (χ1) is 11.5. The number of aromatic nitrogens is 2. The molecule has 0 spiro atoms. The number of carbonyl (C=O) groups excluding carboxylic acids is 1. The van der Waals surface area contributed by atoms with Crippen LogP contribution in [0, 0.1) is 6.92 Å². The summed E-state index contributed by atoms with van der Waals surface area (Å²) >= 11 is 0. The fourth-order valence-corrected chi connectivity index (χ4v) is 2.32. The number of hydrogen-bond donors (Lipinski definition) is 1. The first-order valence-electron chi connectivity index (χ1n) is 7.29. The van der Waals surface area contributed by atoms with Crippen LogP contribution >= 0.6 is 0 Å². The number of imidazole rings is 1. The van der Waals surface area contributed by atoms with Crippen LogP contribution in [-0.4, -0.2) is 21.9 Å². The fraction of sp³-hybridized carbons (Fsp3) is 0.176. The average molecular weight is 331 g/mol. The summed E-state index contributed by atoms with van der Waals surface area (Å²) < 4.78 is 31.0. The number of halogens is 2. The lowest BCUT2D eigenvalue weighted by atomic mass is 10.2. The summed E-state index contributed by atoms with van der Waals surface area (Å²) in [5.41, 5.74) is 2.43. The predicted octanol–water partition coefficient (Wildman–Crippen LogP) is 3.17. The molecule has 0 unspecified atom stereocenters. The number of rotatable bonds is 5. The fourth-order valence-electron chi connectivity index (χ4n) is 2.32. The smallest absolute Gasteiger partial charge is 0.387 e. The predicted molar refractivity (Wildman–Crippen MR) is 84.2 cm³/mol. The number of carbonyl (C=O) groups is 1. The van der Waals surface area contributed by atoms with Crippen LogP contribution in [0.25, 0.3) is 5.65 Å². The first kappa shape index (κ1) is 15.9. The van der Waals surface area contributed by atoms with Gasteiger partial charge in [-0.3, -0.25) is 4.79 Å². The second-order valence-corrected chi connectivity index (χ2v) is 5.26. The molecule has 1 N–H and O–H groups in total. The molecule has 7 heteroatoms. The molecule has 3 rings (SSSR count). The van der Waals surface area contributed by atoms with Gasteiger partial charge in [-0.1, -0.05) is 18.2 Å². The Morgan fingerprint density at radius 2 is 2.12 bits per heavy atom. The molecule has 2 heterocycles. The van der Waals surface area contributed by atoms with E-state index in [2.05, 4.69) is 15.0 Å². The minimum absolute atomic E-state index is 0.0402. The molecule has 0 fully saturated rings. The largest absolute Gasteiger partial charge is 0.434 e. The molecule has 1 aromatic carbocycles. The van der Waals surface area contributed by atoms with Gasteiger partial charge in [0.1, 0.15) is 17.1 Å². The number of pyridine rings is 1. The minimum atomic E-state index is -2.91. The van der Waals surface area contributed by atoms with Gasteiger partial charge in [-0.2, -0.15) is 8.78 Å². The SMILES string of the molecule is Cc1ccn2cc(C(=O)NCc3ccccc3OC(F)F)nc2c1. The van der Waals surface area contributed by atoms with Crippen molar-refractivity contribution in [1.29, 1.82) is 0 Å². The van der Waals surface area contributed by atoms with Crippen LogP contribution in [0.1, 0.15) is 21.6 Å². The van der Waals surface area contributed by atoms with Crippen LogP contribution in [0.3, 0.4) is 0 Å². The maximum Gasteiger partial charge on any atom is 0.387 e. The Morgan fingerprint density at radius 1 is 1.33 bits per heavy atom. The molecule has 0 saturated carbocycles. The number of amides is 1. The monoisotopic (exact) mass is 331 g/mol. The van der Waals surface area contributed by atoms with Gasteiger partial charge in [0.15, 0.2) is 0 Å². The zero-order valence-electron chi connectivity index (χ0n) is 12.9. The van der Waals surface area contributed by atoms with Crippen molar-refractivity contribution in [2.45, 2.75) is 20.1 Å². The van der Waals surface area contributed by atoms with Crippen molar-refractivity contribution in [1.82, 2.24) is 14.7 Å². The van der Waals surface area contributed by atoms with Crippen molar-refractivity contribution in [3.63, 3.8) is 0 Å². The molecule has 0 aliphatic carbocycles. The molecule has 0 saturated heterocycles. The molecular weight excluding hydrogens is 316 g/mol. The van der Waals surface area contributed by atoms with E-state index in [9.17, 15) is 13.6 Å². The number of para-hydroxylation sites is 1. The van der Waals surface area contributed by atoms with Gasteiger partial charge in [0.2, 0.25) is 0 Å². The molecule has 0 bridgehead atoms. The number of alkyl halides is 2. The number of benzene rings is 1. The number of ether oxygens (including phenoxy) is 1. The highest BCUT2D eigenvalue weighted by molar-refractivity contribution is 5.92. The van der Waals surface area contributed by atoms with Crippen LogP contribution in [0.15, 0.2) is 48.8 Å². The molecule has 3 aromatic rings. The van der Waals surface area contributed by atoms with Gasteiger partial charge in [0.05, 0.1) is 0 Å². The van der Waals surface area contributed by atoms with Crippen molar-refractivity contribution in [2.75, 3.05) is 0 Å². The third-order valence-electron chi connectivity index (χ3n) is 3.48. The quantitative estimate of drug-likeness (QED) is 0.781. The van der Waals surface area contributed by atoms with Gasteiger partial charge in [0, 0.05) is 24.5 Å². The third-order valence-corrected chi connectivity index (χ3v) is 3.48. The van der Waals surface area contributed by atoms with Crippen LogP contribution in [0.4, 0.5) is 8.78 Å². The number of hydrogen-bond acceptors (Lipinski definition) is 3. The second-order valence-electron chi connectivity index (χ2n) is 5.26. The third kappa shape index (κ3) is 3.51. The molecular formula is C17H15F2N3O2. The summed E-state index contributed by atoms with van der Waals surface area (Å²) in [6.45, 7) is -0.910. The van der Waals surface area contributed by atoms with Crippen molar-refractivity contribution in [2.24, 2.45) is 0 Å². The van der Waals surface area contributed by atoms with E-state index in [1.54, 1.807) is 28.8 Å². The topological polar surface area (TPSA) is 55.6 Å². The Morgan fingerprint density at radius 3 is 2.92 bits per heavy atom. The Labute approximate surface area is 136 Å². The molecule has 0 radical (unpaired) electrons. The summed E-state index contributed by atoms with van der Waals surface area (Å²) in [6, 6.07) is 10.1. The number of aryl methyl sites for hydroxylation is 1. The van der Waals surface area contributed by atoms with Gasteiger partial charge in [-0.25, -0.2) is 4.98 Å². The molecule has 0 atom stereocenters. The van der Waals surface area contributed by atoms with E-state index in [1.807, 2.05) is 25.3 Å². The van der Waals surface area contributed by atoms with E-state index in [-0.39, 0.29) is 23.9 Å². The standard InChI is InChI=1S/C17H15F2N3O2/c1-11-6-7-22-10-13(21-15(22)8-11)16(23)20-9-12-4-2-3-5-14(12)24-17(18)19/h2-8,10,17H,9H2,1H3,(H,20,23). The Kier molecular flexibility index (Phi) is 4.41. The highest BCUT2D eigenvalue weighted by Gasteiger charge is 2.13. The van der Waals surface area contributed by atoms with E-state index < -0.39 is 6.61 Å². The van der Waals surface area contributed by atoms with Gasteiger partial charge >= 0.3 is 6.61 Å². The van der Waals surface area contributed by atoms with E-state index in [0.29, 0.717) is 11.2 Å². The van der Waals surface area contributed by atoms with E-state index in [0.717, 1.165) is 5.56 Å². The van der Waals surface area contributed by atoms with E-state index >= 15 is 0 Å². The summed E-state index contributed by atoms with van der Waals surface area (Å²) in [5.74, 6) is -0.346. The number of nitrogens with one attached hydrogen (secondary N) is 1. The zero-order valence-corrected chi connectivity index (χ0v) is 12.9. The maximum absolute atomic E-state index is 12.4. The molecule has 124 valence electrons. The van der Waals surface area contributed by atoms with Gasteiger partial charge in [-0.05, 0) is 30.7 Å². The molecule has 0 aliphatic rings. The zero-order chi connectivity index (χ0) is 17.1. The molecule has 0 aliphatic heterocycles. The second kappa shape index (κ2) is 6.66. The Hall–Kier alpha value is -2.96. The van der Waals surface area contributed by atoms with E-state index in [4.69, 9.17) is 0 Å². The Bertz CT molecular complexity index is 877. The van der Waals surface area contributed by atoms with Crippen molar-refractivity contribution in [3.8, 4) is 5.75 Å². The normalized spacial score (nSPS) is 11.0. The Balaban J connectivity index is 1.73. The lowest BCUT2D eigenvalue weighted by Crippen LogP contribution is -2.23.